The third kappa shape index (κ3) is 3.28. The van der Waals surface area contributed by atoms with E-state index in [1.165, 1.54) is 25.7 Å². The lowest BCUT2D eigenvalue weighted by molar-refractivity contribution is 0.139. The maximum atomic E-state index is 4.99. The van der Waals surface area contributed by atoms with E-state index >= 15 is 0 Å². The summed E-state index contributed by atoms with van der Waals surface area (Å²) in [4.78, 5) is 0. The van der Waals surface area contributed by atoms with E-state index in [9.17, 15) is 0 Å². The van der Waals surface area contributed by atoms with Crippen LogP contribution in [0.2, 0.25) is 0 Å². The number of methoxy groups -OCH3 is 1. The molecule has 0 aromatic carbocycles. The second-order valence-corrected chi connectivity index (χ2v) is 4.83. The number of rotatable bonds is 5. The molecule has 0 heterocycles. The minimum Gasteiger partial charge on any atom is -0.370 e. The van der Waals surface area contributed by atoms with Crippen molar-refractivity contribution in [3.05, 3.63) is 0 Å². The summed E-state index contributed by atoms with van der Waals surface area (Å²) in [5, 5.41) is 3.33. The van der Waals surface area contributed by atoms with E-state index in [4.69, 9.17) is 4.74 Å². The van der Waals surface area contributed by atoms with Crippen LogP contribution >= 0.6 is 0 Å². The van der Waals surface area contributed by atoms with Gasteiger partial charge in [0.2, 0.25) is 0 Å². The Bertz CT molecular complexity index is 139. The molecular weight excluding hydrogens is 162 g/mol. The molecule has 1 aliphatic carbocycles. The van der Waals surface area contributed by atoms with Gasteiger partial charge in [-0.15, -0.1) is 0 Å². The molecule has 0 atom stereocenters. The molecule has 0 aromatic heterocycles. The number of ether oxygens (including phenoxy) is 1. The second kappa shape index (κ2) is 4.97. The normalized spacial score (nSPS) is 19.6. The molecule has 1 fully saturated rings. The summed E-state index contributed by atoms with van der Waals surface area (Å²) >= 11 is 0. The van der Waals surface area contributed by atoms with Crippen LogP contribution in [0, 0.1) is 11.3 Å². The predicted octanol–water partition coefficient (Wildman–Crippen LogP) is 2.40. The largest absolute Gasteiger partial charge is 0.370 e. The summed E-state index contributed by atoms with van der Waals surface area (Å²) in [7, 11) is 1.73. The van der Waals surface area contributed by atoms with Crippen molar-refractivity contribution < 1.29 is 4.74 Å². The SMILES string of the molecule is COCNCC(C)(C)C1CCCC1. The maximum absolute atomic E-state index is 4.99. The van der Waals surface area contributed by atoms with Gasteiger partial charge in [0.1, 0.15) is 0 Å². The molecule has 2 heteroatoms. The summed E-state index contributed by atoms with van der Waals surface area (Å²) in [6.45, 7) is 6.49. The van der Waals surface area contributed by atoms with Crippen molar-refractivity contribution in [2.45, 2.75) is 39.5 Å². The minimum absolute atomic E-state index is 0.440. The molecule has 0 spiro atoms. The van der Waals surface area contributed by atoms with Crippen molar-refractivity contribution in [3.8, 4) is 0 Å². The fourth-order valence-electron chi connectivity index (χ4n) is 2.33. The van der Waals surface area contributed by atoms with Crippen molar-refractivity contribution in [2.75, 3.05) is 20.4 Å². The molecule has 1 N–H and O–H groups in total. The first-order valence-corrected chi connectivity index (χ1v) is 5.36. The molecule has 13 heavy (non-hydrogen) atoms. The van der Waals surface area contributed by atoms with Crippen LogP contribution in [0.25, 0.3) is 0 Å². The summed E-state index contributed by atoms with van der Waals surface area (Å²) in [5.74, 6) is 0.914. The van der Waals surface area contributed by atoms with E-state index in [1.54, 1.807) is 7.11 Å². The summed E-state index contributed by atoms with van der Waals surface area (Å²) in [5.41, 5.74) is 0.440. The number of nitrogens with one attached hydrogen (secondary N) is 1. The van der Waals surface area contributed by atoms with Crippen molar-refractivity contribution >= 4 is 0 Å². The molecule has 0 radical (unpaired) electrons. The van der Waals surface area contributed by atoms with E-state index in [0.717, 1.165) is 12.5 Å². The zero-order valence-electron chi connectivity index (χ0n) is 9.23. The van der Waals surface area contributed by atoms with Crippen LogP contribution in [-0.4, -0.2) is 20.4 Å². The van der Waals surface area contributed by atoms with Gasteiger partial charge < -0.3 is 4.74 Å². The Balaban J connectivity index is 2.26. The molecule has 0 aromatic rings. The standard InChI is InChI=1S/C11H23NO/c1-11(2,8-12-9-13-3)10-6-4-5-7-10/h10,12H,4-9H2,1-3H3. The molecule has 0 amide bonds. The fourth-order valence-corrected chi connectivity index (χ4v) is 2.33. The van der Waals surface area contributed by atoms with E-state index in [2.05, 4.69) is 19.2 Å². The lowest BCUT2D eigenvalue weighted by Gasteiger charge is -2.31. The lowest BCUT2D eigenvalue weighted by Crippen LogP contribution is -2.35. The van der Waals surface area contributed by atoms with Crippen LogP contribution in [0.1, 0.15) is 39.5 Å². The molecule has 78 valence electrons. The van der Waals surface area contributed by atoms with E-state index in [-0.39, 0.29) is 0 Å². The van der Waals surface area contributed by atoms with Crippen LogP contribution in [-0.2, 0) is 4.74 Å². The molecule has 0 bridgehead atoms. The van der Waals surface area contributed by atoms with Gasteiger partial charge in [0.05, 0.1) is 6.73 Å². The average Bonchev–Trinajstić information content (AvgIpc) is 2.56. The van der Waals surface area contributed by atoms with Gasteiger partial charge >= 0.3 is 0 Å². The molecule has 1 rings (SSSR count). The van der Waals surface area contributed by atoms with Gasteiger partial charge in [0, 0.05) is 13.7 Å². The molecule has 1 aliphatic rings. The third-order valence-corrected chi connectivity index (χ3v) is 3.29. The Morgan fingerprint density at radius 2 is 1.92 bits per heavy atom. The Morgan fingerprint density at radius 1 is 1.31 bits per heavy atom. The quantitative estimate of drug-likeness (QED) is 0.524. The smallest absolute Gasteiger partial charge is 0.0961 e. The first-order valence-electron chi connectivity index (χ1n) is 5.36. The van der Waals surface area contributed by atoms with Crippen LogP contribution < -0.4 is 5.32 Å². The van der Waals surface area contributed by atoms with Gasteiger partial charge in [-0.1, -0.05) is 26.7 Å². The third-order valence-electron chi connectivity index (χ3n) is 3.29. The van der Waals surface area contributed by atoms with Crippen LogP contribution in [0.5, 0.6) is 0 Å². The van der Waals surface area contributed by atoms with Gasteiger partial charge in [-0.2, -0.15) is 0 Å². The maximum Gasteiger partial charge on any atom is 0.0961 e. The fraction of sp³-hybridized carbons (Fsp3) is 1.00. The van der Waals surface area contributed by atoms with E-state index in [0.29, 0.717) is 12.1 Å². The highest BCUT2D eigenvalue weighted by atomic mass is 16.5. The van der Waals surface area contributed by atoms with Gasteiger partial charge in [-0.05, 0) is 24.2 Å². The van der Waals surface area contributed by atoms with E-state index in [1.807, 2.05) is 0 Å². The first-order chi connectivity index (χ1) is 6.17. The summed E-state index contributed by atoms with van der Waals surface area (Å²) in [6, 6.07) is 0. The minimum atomic E-state index is 0.440. The van der Waals surface area contributed by atoms with Crippen molar-refractivity contribution in [1.82, 2.24) is 5.32 Å². The lowest BCUT2D eigenvalue weighted by atomic mass is 9.78. The monoisotopic (exact) mass is 185 g/mol. The van der Waals surface area contributed by atoms with Gasteiger partial charge in [-0.25, -0.2) is 0 Å². The average molecular weight is 185 g/mol. The summed E-state index contributed by atoms with van der Waals surface area (Å²) < 4.78 is 4.99. The highest BCUT2D eigenvalue weighted by Crippen LogP contribution is 2.38. The zero-order chi connectivity index (χ0) is 9.73. The van der Waals surface area contributed by atoms with Crippen LogP contribution in [0.15, 0.2) is 0 Å². The molecule has 1 saturated carbocycles. The molecule has 0 aliphatic heterocycles. The summed E-state index contributed by atoms with van der Waals surface area (Å²) in [6.07, 6.45) is 5.69. The van der Waals surface area contributed by atoms with Crippen LogP contribution in [0.3, 0.4) is 0 Å². The van der Waals surface area contributed by atoms with Gasteiger partial charge in [0.25, 0.3) is 0 Å². The highest BCUT2D eigenvalue weighted by molar-refractivity contribution is 4.83. The van der Waals surface area contributed by atoms with Crippen LogP contribution in [0.4, 0.5) is 0 Å². The van der Waals surface area contributed by atoms with Crippen molar-refractivity contribution in [2.24, 2.45) is 11.3 Å². The Kier molecular flexibility index (Phi) is 4.20. The Hall–Kier alpha value is -0.0800. The number of hydrogen-bond acceptors (Lipinski definition) is 2. The predicted molar refractivity (Wildman–Crippen MR) is 55.6 cm³/mol. The topological polar surface area (TPSA) is 21.3 Å². The highest BCUT2D eigenvalue weighted by Gasteiger charge is 2.31. The second-order valence-electron chi connectivity index (χ2n) is 4.83. The zero-order valence-corrected chi connectivity index (χ0v) is 9.23. The molecule has 2 nitrogen and oxygen atoms in total. The number of hydrogen-bond donors (Lipinski definition) is 1. The van der Waals surface area contributed by atoms with Crippen molar-refractivity contribution in [3.63, 3.8) is 0 Å². The van der Waals surface area contributed by atoms with E-state index < -0.39 is 0 Å². The van der Waals surface area contributed by atoms with Crippen molar-refractivity contribution in [1.29, 1.82) is 0 Å². The Labute approximate surface area is 82.0 Å². The van der Waals surface area contributed by atoms with Gasteiger partial charge in [0.15, 0.2) is 0 Å². The Morgan fingerprint density at radius 3 is 2.46 bits per heavy atom. The first kappa shape index (κ1) is 11.0. The van der Waals surface area contributed by atoms with Gasteiger partial charge in [-0.3, -0.25) is 5.32 Å². The molecule has 0 unspecified atom stereocenters. The molecular formula is C11H23NO. The molecule has 0 saturated heterocycles.